The largest absolute Gasteiger partial charge is 0.394 e. The van der Waals surface area contributed by atoms with Crippen molar-refractivity contribution < 1.29 is 11.3 Å². The number of amides is 1. The Morgan fingerprint density at radius 2 is 1.69 bits per heavy atom. The van der Waals surface area contributed by atoms with Crippen molar-refractivity contribution in [3.63, 3.8) is 0 Å². The molecule has 0 saturated carbocycles. The average Bonchev–Trinajstić information content (AvgIpc) is 3.21. The molecule has 176 valence electrons. The molecule has 5 aromatic rings. The number of nitrogens with zero attached hydrogens (tertiary/aromatic N) is 2. The number of hydrogen-bond acceptors (Lipinski definition) is 3. The third-order valence-electron chi connectivity index (χ3n) is 6.36. The summed E-state index contributed by atoms with van der Waals surface area (Å²) in [6, 6.07) is 26.8. The van der Waals surface area contributed by atoms with E-state index in [9.17, 15) is 9.90 Å². The molecule has 0 aliphatic heterocycles. The minimum absolute atomic E-state index is 0.229. The molecule has 2 atom stereocenters. The molecular weight excluding hydrogens is 434 g/mol. The Hall–Kier alpha value is -3.96. The average molecular weight is 465 g/mol. The number of fused-ring (bicyclic) bond motifs is 3. The molecule has 3 aromatic carbocycles. The summed E-state index contributed by atoms with van der Waals surface area (Å²) < 4.78 is 10.7. The van der Waals surface area contributed by atoms with Gasteiger partial charge in [-0.05, 0) is 48.2 Å². The molecule has 0 bridgehead atoms. The predicted molar refractivity (Wildman–Crippen MR) is 140 cm³/mol. The molecule has 2 N–H and O–H groups in total. The number of benzene rings is 3. The lowest BCUT2D eigenvalue weighted by Gasteiger charge is -2.17. The van der Waals surface area contributed by atoms with Crippen LogP contribution in [0.2, 0.25) is 0 Å². The summed E-state index contributed by atoms with van der Waals surface area (Å²) in [5.74, 6) is -0.441. The van der Waals surface area contributed by atoms with Gasteiger partial charge < -0.3 is 15.0 Å². The Kier molecular flexibility index (Phi) is 5.99. The number of rotatable bonds is 7. The quantitative estimate of drug-likeness (QED) is 0.346. The number of para-hydroxylation sites is 1. The molecular formula is C30H29N3O2. The van der Waals surface area contributed by atoms with Crippen molar-refractivity contribution >= 4 is 27.8 Å². The molecule has 5 rings (SSSR count). The Morgan fingerprint density at radius 3 is 2.43 bits per heavy atom. The zero-order chi connectivity index (χ0) is 25.2. The number of carbonyl (C=O) groups is 1. The number of aromatic nitrogens is 2. The lowest BCUT2D eigenvalue weighted by molar-refractivity contribution is -0.121. The van der Waals surface area contributed by atoms with Gasteiger partial charge in [0.15, 0.2) is 0 Å². The number of aliphatic hydroxyl groups is 1. The summed E-state index contributed by atoms with van der Waals surface area (Å²) in [5.41, 5.74) is 6.77. The van der Waals surface area contributed by atoms with Crippen molar-refractivity contribution in [1.29, 1.82) is 0 Å². The van der Waals surface area contributed by atoms with E-state index in [0.29, 0.717) is 12.1 Å². The Balaban J connectivity index is 1.38. The van der Waals surface area contributed by atoms with Crippen molar-refractivity contribution in [3.05, 3.63) is 113 Å². The Morgan fingerprint density at radius 1 is 1.00 bits per heavy atom. The third kappa shape index (κ3) is 4.68. The topological polar surface area (TPSA) is 67.2 Å². The second-order valence-corrected chi connectivity index (χ2v) is 8.92. The minimum Gasteiger partial charge on any atom is -0.394 e. The van der Waals surface area contributed by atoms with Crippen LogP contribution in [0.1, 0.15) is 35.4 Å². The van der Waals surface area contributed by atoms with Crippen LogP contribution in [0, 0.1) is 13.8 Å². The van der Waals surface area contributed by atoms with E-state index in [1.807, 2.05) is 67.6 Å². The normalized spacial score (nSPS) is 13.5. The fourth-order valence-electron chi connectivity index (χ4n) is 4.73. The van der Waals surface area contributed by atoms with Crippen molar-refractivity contribution in [3.8, 4) is 0 Å². The fourth-order valence-corrected chi connectivity index (χ4v) is 4.73. The summed E-state index contributed by atoms with van der Waals surface area (Å²) in [4.78, 5) is 17.6. The van der Waals surface area contributed by atoms with Gasteiger partial charge in [0.2, 0.25) is 5.91 Å². The number of aryl methyl sites for hydroxylation is 2. The summed E-state index contributed by atoms with van der Waals surface area (Å²) >= 11 is 0. The molecule has 2 heterocycles. The molecule has 0 spiro atoms. The highest BCUT2D eigenvalue weighted by Gasteiger charge is 2.16. The van der Waals surface area contributed by atoms with E-state index in [-0.39, 0.29) is 6.61 Å². The Bertz CT molecular complexity index is 1530. The van der Waals surface area contributed by atoms with Crippen LogP contribution in [0.3, 0.4) is 0 Å². The lowest BCUT2D eigenvalue weighted by Crippen LogP contribution is -2.31. The first-order valence-corrected chi connectivity index (χ1v) is 11.8. The number of carbonyl (C=O) groups excluding carboxylic acids is 1. The van der Waals surface area contributed by atoms with E-state index in [0.717, 1.165) is 28.0 Å². The van der Waals surface area contributed by atoms with Gasteiger partial charge in [-0.1, -0.05) is 72.8 Å². The van der Waals surface area contributed by atoms with Crippen molar-refractivity contribution in [2.24, 2.45) is 0 Å². The molecule has 5 nitrogen and oxygen atoms in total. The number of pyridine rings is 1. The molecule has 0 aliphatic rings. The van der Waals surface area contributed by atoms with E-state index in [2.05, 4.69) is 41.1 Å². The molecule has 35 heavy (non-hydrogen) atoms. The summed E-state index contributed by atoms with van der Waals surface area (Å²) in [6.45, 7) is 4.55. The molecule has 0 radical (unpaired) electrons. The second kappa shape index (κ2) is 9.72. The van der Waals surface area contributed by atoms with Gasteiger partial charge in [-0.15, -0.1) is 0 Å². The van der Waals surface area contributed by atoms with Crippen LogP contribution in [0.15, 0.2) is 84.9 Å². The number of aliphatic hydroxyl groups excluding tert-OH is 1. The molecule has 5 heteroatoms. The van der Waals surface area contributed by atoms with Crippen LogP contribution in [-0.2, 0) is 17.7 Å². The van der Waals surface area contributed by atoms with Gasteiger partial charge in [-0.2, -0.15) is 0 Å². The monoisotopic (exact) mass is 464 g/mol. The highest BCUT2D eigenvalue weighted by molar-refractivity contribution is 6.08. The fraction of sp³-hybridized carbons (Fsp3) is 0.200. The van der Waals surface area contributed by atoms with Crippen molar-refractivity contribution in [1.82, 2.24) is 14.9 Å². The van der Waals surface area contributed by atoms with Gasteiger partial charge in [-0.3, -0.25) is 4.79 Å². The van der Waals surface area contributed by atoms with E-state index in [1.165, 1.54) is 16.3 Å². The van der Waals surface area contributed by atoms with E-state index >= 15 is 0 Å². The SMILES string of the molecule is [2H]C(C(=O)N[C@@H](CO)c1ccccc1)c1ccc(Cn2c3ccccc3c3c(C)cc(C)nc32)cc1. The highest BCUT2D eigenvalue weighted by atomic mass is 16.3. The van der Waals surface area contributed by atoms with Crippen molar-refractivity contribution in [2.75, 3.05) is 6.61 Å². The second-order valence-electron chi connectivity index (χ2n) is 8.92. The molecule has 0 saturated heterocycles. The molecule has 1 amide bonds. The zero-order valence-corrected chi connectivity index (χ0v) is 19.9. The first-order valence-electron chi connectivity index (χ1n) is 12.4. The van der Waals surface area contributed by atoms with Crippen LogP contribution in [0.4, 0.5) is 0 Å². The van der Waals surface area contributed by atoms with E-state index in [1.54, 1.807) is 0 Å². The molecule has 0 fully saturated rings. The van der Waals surface area contributed by atoms with Crippen LogP contribution < -0.4 is 5.32 Å². The maximum atomic E-state index is 12.8. The summed E-state index contributed by atoms with van der Waals surface area (Å²) in [7, 11) is 0. The molecule has 2 aromatic heterocycles. The highest BCUT2D eigenvalue weighted by Crippen LogP contribution is 2.31. The van der Waals surface area contributed by atoms with Crippen LogP contribution in [0.25, 0.3) is 21.9 Å². The van der Waals surface area contributed by atoms with Gasteiger partial charge in [0.25, 0.3) is 0 Å². The smallest absolute Gasteiger partial charge is 0.224 e. The van der Waals surface area contributed by atoms with Gasteiger partial charge in [-0.25, -0.2) is 4.98 Å². The van der Waals surface area contributed by atoms with E-state index < -0.39 is 18.3 Å². The first-order chi connectivity index (χ1) is 17.5. The van der Waals surface area contributed by atoms with Gasteiger partial charge in [0.1, 0.15) is 5.65 Å². The zero-order valence-electron chi connectivity index (χ0n) is 20.9. The lowest BCUT2D eigenvalue weighted by atomic mass is 10.1. The predicted octanol–water partition coefficient (Wildman–Crippen LogP) is 5.25. The standard InChI is InChI=1S/C30H29N3O2/c1-20-16-21(2)31-30-29(20)25-10-6-7-11-27(25)33(30)18-23-14-12-22(13-15-23)17-28(35)32-26(19-34)24-8-4-3-5-9-24/h3-16,26,34H,17-19H2,1-2H3,(H,32,35)/t26-/m0/s1/i17D/t17?,26-. The van der Waals surface area contributed by atoms with Crippen LogP contribution in [-0.4, -0.2) is 27.2 Å². The molecule has 1 unspecified atom stereocenters. The summed E-state index contributed by atoms with van der Waals surface area (Å²) in [5, 5.41) is 14.9. The maximum Gasteiger partial charge on any atom is 0.224 e. The molecule has 0 aliphatic carbocycles. The Labute approximate surface area is 206 Å². The maximum absolute atomic E-state index is 12.8. The summed E-state index contributed by atoms with van der Waals surface area (Å²) in [6.07, 6.45) is -1.09. The number of hydrogen-bond donors (Lipinski definition) is 2. The number of nitrogens with one attached hydrogen (secondary N) is 1. The van der Waals surface area contributed by atoms with Gasteiger partial charge in [0, 0.05) is 24.4 Å². The van der Waals surface area contributed by atoms with E-state index in [4.69, 9.17) is 6.35 Å². The van der Waals surface area contributed by atoms with Gasteiger partial charge >= 0.3 is 0 Å². The van der Waals surface area contributed by atoms with Crippen molar-refractivity contribution in [2.45, 2.75) is 32.8 Å². The van der Waals surface area contributed by atoms with Crippen LogP contribution >= 0.6 is 0 Å². The third-order valence-corrected chi connectivity index (χ3v) is 6.36. The van der Waals surface area contributed by atoms with Gasteiger partial charge in [0.05, 0.1) is 24.6 Å². The minimum atomic E-state index is -1.09. The first kappa shape index (κ1) is 21.6. The van der Waals surface area contributed by atoms with Crippen LogP contribution in [0.5, 0.6) is 0 Å².